The molecule has 1 amide bonds. The molecule has 6 nitrogen and oxygen atoms in total. The minimum atomic E-state index is 0.235. The van der Waals surface area contributed by atoms with Gasteiger partial charge in [-0.2, -0.15) is 0 Å². The number of aryl methyl sites for hydroxylation is 1. The molecule has 2 fully saturated rings. The summed E-state index contributed by atoms with van der Waals surface area (Å²) >= 11 is 0. The van der Waals surface area contributed by atoms with Crippen LogP contribution < -0.4 is 4.90 Å². The minimum Gasteiger partial charge on any atom is -0.350 e. The van der Waals surface area contributed by atoms with Crippen molar-refractivity contribution < 1.29 is 4.79 Å². The van der Waals surface area contributed by atoms with Crippen molar-refractivity contribution in [3.05, 3.63) is 47.2 Å². The number of carbonyl (C=O) groups is 1. The maximum atomic E-state index is 13.0. The molecule has 0 spiro atoms. The first-order valence-electron chi connectivity index (χ1n) is 12.5. The zero-order chi connectivity index (χ0) is 21.9. The van der Waals surface area contributed by atoms with Crippen molar-refractivity contribution in [3.8, 4) is 0 Å². The largest absolute Gasteiger partial charge is 0.350 e. The van der Waals surface area contributed by atoms with Gasteiger partial charge in [0.15, 0.2) is 0 Å². The molecule has 2 aromatic heterocycles. The quantitative estimate of drug-likeness (QED) is 0.699. The highest BCUT2D eigenvalue weighted by Gasteiger charge is 2.30. The van der Waals surface area contributed by atoms with E-state index in [1.807, 2.05) is 18.3 Å². The molecule has 5 rings (SSSR count). The van der Waals surface area contributed by atoms with E-state index in [9.17, 15) is 4.79 Å². The Morgan fingerprint density at radius 1 is 1.06 bits per heavy atom. The Morgan fingerprint density at radius 2 is 1.94 bits per heavy atom. The first kappa shape index (κ1) is 21.4. The summed E-state index contributed by atoms with van der Waals surface area (Å²) in [6.07, 6.45) is 11.9. The van der Waals surface area contributed by atoms with Gasteiger partial charge in [-0.1, -0.05) is 18.9 Å². The van der Waals surface area contributed by atoms with E-state index in [1.165, 1.54) is 31.2 Å². The summed E-state index contributed by atoms with van der Waals surface area (Å²) in [7, 11) is 0. The summed E-state index contributed by atoms with van der Waals surface area (Å²) < 4.78 is 0. The molecule has 1 saturated carbocycles. The number of likely N-dealkylation sites (tertiary alicyclic amines) is 1. The number of carbonyl (C=O) groups excluding carboxylic acids is 1. The van der Waals surface area contributed by atoms with Crippen molar-refractivity contribution in [2.24, 2.45) is 5.92 Å². The van der Waals surface area contributed by atoms with E-state index in [1.54, 1.807) is 0 Å². The molecule has 1 atom stereocenters. The van der Waals surface area contributed by atoms with Crippen LogP contribution in [0.4, 0.5) is 5.82 Å². The zero-order valence-electron chi connectivity index (χ0n) is 19.3. The van der Waals surface area contributed by atoms with Gasteiger partial charge in [0.25, 0.3) is 0 Å². The molecule has 4 heterocycles. The van der Waals surface area contributed by atoms with Gasteiger partial charge in [-0.15, -0.1) is 0 Å². The van der Waals surface area contributed by atoms with Crippen LogP contribution in [0, 0.1) is 12.8 Å². The van der Waals surface area contributed by atoms with Gasteiger partial charge in [-0.25, -0.2) is 9.97 Å². The van der Waals surface area contributed by atoms with Crippen LogP contribution >= 0.6 is 0 Å². The first-order chi connectivity index (χ1) is 15.7. The van der Waals surface area contributed by atoms with Crippen LogP contribution in [-0.2, 0) is 17.8 Å². The molecule has 32 heavy (non-hydrogen) atoms. The normalized spacial score (nSPS) is 21.6. The molecule has 3 aliphatic rings. The number of nitrogens with zero attached hydrogens (tertiary/aromatic N) is 5. The van der Waals surface area contributed by atoms with Crippen LogP contribution in [0.25, 0.3) is 0 Å². The molecule has 0 bridgehead atoms. The number of amides is 1. The van der Waals surface area contributed by atoms with Crippen LogP contribution in [0.2, 0.25) is 0 Å². The maximum Gasteiger partial charge on any atom is 0.222 e. The van der Waals surface area contributed by atoms with E-state index in [-0.39, 0.29) is 5.92 Å². The van der Waals surface area contributed by atoms with E-state index in [0.29, 0.717) is 11.8 Å². The fourth-order valence-electron chi connectivity index (χ4n) is 5.74. The SMILES string of the molecule is Cc1nc(C2CCCN(C(=O)CC3CCCC3)C2)nc2c1CCCN2Cc1ccccn1. The lowest BCUT2D eigenvalue weighted by Crippen LogP contribution is -2.40. The Labute approximate surface area is 191 Å². The number of aromatic nitrogens is 3. The highest BCUT2D eigenvalue weighted by Crippen LogP contribution is 2.33. The van der Waals surface area contributed by atoms with E-state index >= 15 is 0 Å². The number of anilines is 1. The summed E-state index contributed by atoms with van der Waals surface area (Å²) in [5, 5.41) is 0. The smallest absolute Gasteiger partial charge is 0.222 e. The van der Waals surface area contributed by atoms with Crippen LogP contribution in [0.3, 0.4) is 0 Å². The third-order valence-corrected chi connectivity index (χ3v) is 7.52. The van der Waals surface area contributed by atoms with Crippen LogP contribution in [0.5, 0.6) is 0 Å². The lowest BCUT2D eigenvalue weighted by molar-refractivity contribution is -0.133. The van der Waals surface area contributed by atoms with Crippen LogP contribution in [-0.4, -0.2) is 45.4 Å². The second kappa shape index (κ2) is 9.55. The third kappa shape index (κ3) is 4.64. The molecule has 1 aliphatic carbocycles. The Kier molecular flexibility index (Phi) is 6.37. The second-order valence-electron chi connectivity index (χ2n) is 9.85. The number of piperidine rings is 1. The monoisotopic (exact) mass is 433 g/mol. The predicted molar refractivity (Wildman–Crippen MR) is 126 cm³/mol. The summed E-state index contributed by atoms with van der Waals surface area (Å²) in [6, 6.07) is 6.09. The van der Waals surface area contributed by atoms with Crippen molar-refractivity contribution in [1.82, 2.24) is 19.9 Å². The lowest BCUT2D eigenvalue weighted by atomic mass is 9.94. The number of hydrogen-bond acceptors (Lipinski definition) is 5. The third-order valence-electron chi connectivity index (χ3n) is 7.52. The molecule has 1 saturated heterocycles. The Morgan fingerprint density at radius 3 is 2.75 bits per heavy atom. The summed E-state index contributed by atoms with van der Waals surface area (Å²) in [4.78, 5) is 32.0. The van der Waals surface area contributed by atoms with E-state index in [2.05, 4.69) is 27.8 Å². The first-order valence-corrected chi connectivity index (χ1v) is 12.5. The Bertz CT molecular complexity index is 941. The van der Waals surface area contributed by atoms with Gasteiger partial charge in [0.1, 0.15) is 11.6 Å². The van der Waals surface area contributed by atoms with Crippen molar-refractivity contribution in [2.45, 2.75) is 77.2 Å². The molecular formula is C26H35N5O. The van der Waals surface area contributed by atoms with Crippen LogP contribution in [0.1, 0.15) is 80.1 Å². The van der Waals surface area contributed by atoms with Gasteiger partial charge in [0.05, 0.1) is 12.2 Å². The van der Waals surface area contributed by atoms with Gasteiger partial charge in [-0.05, 0) is 63.5 Å². The fourth-order valence-corrected chi connectivity index (χ4v) is 5.74. The van der Waals surface area contributed by atoms with Crippen LogP contribution in [0.15, 0.2) is 24.4 Å². The van der Waals surface area contributed by atoms with Gasteiger partial charge in [0.2, 0.25) is 5.91 Å². The van der Waals surface area contributed by atoms with Gasteiger partial charge < -0.3 is 9.80 Å². The maximum absolute atomic E-state index is 13.0. The van der Waals surface area contributed by atoms with Gasteiger partial charge in [0, 0.05) is 49.4 Å². The molecule has 2 aromatic rings. The highest BCUT2D eigenvalue weighted by atomic mass is 16.2. The average Bonchev–Trinajstić information content (AvgIpc) is 3.33. The molecule has 0 radical (unpaired) electrons. The second-order valence-corrected chi connectivity index (χ2v) is 9.85. The van der Waals surface area contributed by atoms with Gasteiger partial charge >= 0.3 is 0 Å². The van der Waals surface area contributed by atoms with Crippen molar-refractivity contribution in [2.75, 3.05) is 24.5 Å². The number of pyridine rings is 1. The zero-order valence-corrected chi connectivity index (χ0v) is 19.3. The number of fused-ring (bicyclic) bond motifs is 1. The fraction of sp³-hybridized carbons (Fsp3) is 0.615. The number of hydrogen-bond donors (Lipinski definition) is 0. The van der Waals surface area contributed by atoms with Crippen molar-refractivity contribution in [1.29, 1.82) is 0 Å². The molecule has 0 N–H and O–H groups in total. The van der Waals surface area contributed by atoms with E-state index in [0.717, 1.165) is 81.3 Å². The standard InChI is InChI=1S/C26H35N5O/c1-19-23-12-7-15-31(18-22-11-4-5-13-27-22)26(23)29-25(28-19)21-10-6-14-30(17-21)24(32)16-20-8-2-3-9-20/h4-5,11,13,20-21H,2-3,6-10,12,14-18H2,1H3. The highest BCUT2D eigenvalue weighted by molar-refractivity contribution is 5.76. The predicted octanol–water partition coefficient (Wildman–Crippen LogP) is 4.42. The number of rotatable bonds is 5. The van der Waals surface area contributed by atoms with Crippen molar-refractivity contribution >= 4 is 11.7 Å². The average molecular weight is 434 g/mol. The molecular weight excluding hydrogens is 398 g/mol. The lowest BCUT2D eigenvalue weighted by Gasteiger charge is -2.35. The molecule has 0 aromatic carbocycles. The summed E-state index contributed by atoms with van der Waals surface area (Å²) in [6.45, 7) is 5.55. The molecule has 6 heteroatoms. The van der Waals surface area contributed by atoms with Gasteiger partial charge in [-0.3, -0.25) is 9.78 Å². The molecule has 2 aliphatic heterocycles. The molecule has 1 unspecified atom stereocenters. The minimum absolute atomic E-state index is 0.235. The van der Waals surface area contributed by atoms with E-state index in [4.69, 9.17) is 9.97 Å². The summed E-state index contributed by atoms with van der Waals surface area (Å²) in [5.74, 6) is 3.18. The Hall–Kier alpha value is -2.50. The van der Waals surface area contributed by atoms with Crippen molar-refractivity contribution in [3.63, 3.8) is 0 Å². The summed E-state index contributed by atoms with van der Waals surface area (Å²) in [5.41, 5.74) is 3.45. The topological polar surface area (TPSA) is 62.2 Å². The molecule has 170 valence electrons. The Balaban J connectivity index is 1.34. The van der Waals surface area contributed by atoms with E-state index < -0.39 is 0 Å².